The minimum atomic E-state index is -3.81. The molecule has 6 heteroatoms. The molecule has 1 aromatic carbocycles. The van der Waals surface area contributed by atoms with Crippen LogP contribution in [-0.4, -0.2) is 13.0 Å². The van der Waals surface area contributed by atoms with Crippen molar-refractivity contribution in [1.82, 2.24) is 4.57 Å². The van der Waals surface area contributed by atoms with Gasteiger partial charge in [0.25, 0.3) is 0 Å². The van der Waals surface area contributed by atoms with Gasteiger partial charge in [-0.15, -0.1) is 0 Å². The van der Waals surface area contributed by atoms with Crippen molar-refractivity contribution in [1.29, 1.82) is 0 Å². The van der Waals surface area contributed by atoms with Crippen LogP contribution in [0.2, 0.25) is 0 Å². The number of nitrogens with two attached hydrogens (primary N) is 1. The Hall–Kier alpha value is -1.40. The van der Waals surface area contributed by atoms with Crippen molar-refractivity contribution in [3.8, 4) is 0 Å². The van der Waals surface area contributed by atoms with Gasteiger partial charge in [0.05, 0.1) is 0 Å². The summed E-state index contributed by atoms with van der Waals surface area (Å²) in [7, 11) is -2.14. The average molecular weight is 228 g/mol. The number of fused-ring (bicyclic) bond motifs is 1. The normalized spacial score (nSPS) is 12.2. The lowest BCUT2D eigenvalue weighted by atomic mass is 10.2. The van der Waals surface area contributed by atoms with Gasteiger partial charge in [0, 0.05) is 24.1 Å². The number of aromatic nitrogens is 1. The highest BCUT2D eigenvalue weighted by atomic mass is 32.2. The standard InChI is InChI=1S/C9H9FN2O2S/c1-12-5-9(15(11,13)14)7-4-6(10)2-3-8(7)12/h2-5H,1H3,(H2,11,13,14). The van der Waals surface area contributed by atoms with Crippen LogP contribution in [0.25, 0.3) is 10.9 Å². The smallest absolute Gasteiger partial charge is 0.240 e. The Bertz CT molecular complexity index is 631. The summed E-state index contributed by atoms with van der Waals surface area (Å²) in [6.07, 6.45) is 1.37. The van der Waals surface area contributed by atoms with E-state index in [1.54, 1.807) is 11.6 Å². The second-order valence-corrected chi connectivity index (χ2v) is 4.84. The molecule has 0 aliphatic heterocycles. The molecule has 0 aliphatic rings. The third kappa shape index (κ3) is 1.62. The number of sulfonamides is 1. The first-order valence-electron chi connectivity index (χ1n) is 4.17. The number of nitrogens with zero attached hydrogens (tertiary/aromatic N) is 1. The predicted molar refractivity (Wildman–Crippen MR) is 54.3 cm³/mol. The van der Waals surface area contributed by atoms with Crippen LogP contribution in [0, 0.1) is 5.82 Å². The van der Waals surface area contributed by atoms with E-state index in [-0.39, 0.29) is 4.90 Å². The summed E-state index contributed by atoms with van der Waals surface area (Å²) in [4.78, 5) is -0.0560. The minimum absolute atomic E-state index is 0.0560. The highest BCUT2D eigenvalue weighted by molar-refractivity contribution is 7.89. The third-order valence-corrected chi connectivity index (χ3v) is 3.16. The Kier molecular flexibility index (Phi) is 2.06. The van der Waals surface area contributed by atoms with Crippen molar-refractivity contribution in [3.05, 3.63) is 30.2 Å². The van der Waals surface area contributed by atoms with Crippen molar-refractivity contribution >= 4 is 20.9 Å². The molecule has 0 saturated heterocycles. The van der Waals surface area contributed by atoms with E-state index in [1.165, 1.54) is 18.3 Å². The van der Waals surface area contributed by atoms with Crippen molar-refractivity contribution in [3.63, 3.8) is 0 Å². The van der Waals surface area contributed by atoms with E-state index in [1.807, 2.05) is 0 Å². The molecule has 4 nitrogen and oxygen atoms in total. The van der Waals surface area contributed by atoms with Gasteiger partial charge in [0.15, 0.2) is 0 Å². The summed E-state index contributed by atoms with van der Waals surface area (Å²) in [6.45, 7) is 0. The molecule has 0 aliphatic carbocycles. The van der Waals surface area contributed by atoms with E-state index >= 15 is 0 Å². The second-order valence-electron chi connectivity index (χ2n) is 3.31. The van der Waals surface area contributed by atoms with Crippen LogP contribution < -0.4 is 5.14 Å². The van der Waals surface area contributed by atoms with Crippen molar-refractivity contribution in [2.75, 3.05) is 0 Å². The molecule has 80 valence electrons. The van der Waals surface area contributed by atoms with Crippen molar-refractivity contribution in [2.45, 2.75) is 4.90 Å². The fourth-order valence-electron chi connectivity index (χ4n) is 1.55. The minimum Gasteiger partial charge on any atom is -0.349 e. The van der Waals surface area contributed by atoms with Gasteiger partial charge in [-0.05, 0) is 18.2 Å². The molecule has 0 saturated carbocycles. The Morgan fingerprint density at radius 1 is 1.40 bits per heavy atom. The lowest BCUT2D eigenvalue weighted by Gasteiger charge is -1.95. The first-order valence-corrected chi connectivity index (χ1v) is 5.71. The van der Waals surface area contributed by atoms with Crippen LogP contribution in [0.4, 0.5) is 4.39 Å². The van der Waals surface area contributed by atoms with Crippen LogP contribution in [0.3, 0.4) is 0 Å². The maximum atomic E-state index is 13.0. The summed E-state index contributed by atoms with van der Waals surface area (Å²) < 4.78 is 37.0. The Labute approximate surface area is 86.2 Å². The van der Waals surface area contributed by atoms with Gasteiger partial charge >= 0.3 is 0 Å². The molecule has 0 unspecified atom stereocenters. The van der Waals surface area contributed by atoms with Gasteiger partial charge in [-0.3, -0.25) is 0 Å². The maximum Gasteiger partial charge on any atom is 0.240 e. The number of benzene rings is 1. The number of primary sulfonamides is 1. The predicted octanol–water partition coefficient (Wildman–Crippen LogP) is 0.965. The summed E-state index contributed by atoms with van der Waals surface area (Å²) in [5, 5.41) is 5.33. The van der Waals surface area contributed by atoms with Gasteiger partial charge < -0.3 is 4.57 Å². The van der Waals surface area contributed by atoms with Crippen molar-refractivity contribution in [2.24, 2.45) is 12.2 Å². The Morgan fingerprint density at radius 3 is 2.67 bits per heavy atom. The lowest BCUT2D eigenvalue weighted by Crippen LogP contribution is -2.11. The van der Waals surface area contributed by atoms with Gasteiger partial charge in [0.1, 0.15) is 10.7 Å². The zero-order chi connectivity index (χ0) is 11.2. The lowest BCUT2D eigenvalue weighted by molar-refractivity contribution is 0.598. The number of halogens is 1. The maximum absolute atomic E-state index is 13.0. The Morgan fingerprint density at radius 2 is 2.07 bits per heavy atom. The van der Waals surface area contributed by atoms with E-state index in [2.05, 4.69) is 0 Å². The van der Waals surface area contributed by atoms with Gasteiger partial charge in [-0.2, -0.15) is 0 Å². The molecular weight excluding hydrogens is 219 g/mol. The zero-order valence-corrected chi connectivity index (χ0v) is 8.75. The molecule has 2 aromatic rings. The van der Waals surface area contributed by atoms with Crippen LogP contribution in [0.1, 0.15) is 0 Å². The van der Waals surface area contributed by atoms with E-state index in [4.69, 9.17) is 5.14 Å². The summed E-state index contributed by atoms with van der Waals surface area (Å²) in [6, 6.07) is 3.95. The topological polar surface area (TPSA) is 65.1 Å². The quantitative estimate of drug-likeness (QED) is 0.790. The highest BCUT2D eigenvalue weighted by Crippen LogP contribution is 2.24. The van der Waals surface area contributed by atoms with E-state index < -0.39 is 15.8 Å². The number of rotatable bonds is 1. The first-order chi connectivity index (χ1) is 6.89. The van der Waals surface area contributed by atoms with Gasteiger partial charge in [-0.25, -0.2) is 17.9 Å². The van der Waals surface area contributed by atoms with Crippen LogP contribution in [0.15, 0.2) is 29.3 Å². The molecule has 0 radical (unpaired) electrons. The molecule has 0 atom stereocenters. The second kappa shape index (κ2) is 3.04. The Balaban J connectivity index is 2.94. The van der Waals surface area contributed by atoms with Crippen LogP contribution >= 0.6 is 0 Å². The molecule has 0 bridgehead atoms. The number of hydrogen-bond acceptors (Lipinski definition) is 2. The van der Waals surface area contributed by atoms with Gasteiger partial charge in [0.2, 0.25) is 10.0 Å². The monoisotopic (exact) mass is 228 g/mol. The fourth-order valence-corrected chi connectivity index (χ4v) is 2.33. The molecule has 1 aromatic heterocycles. The van der Waals surface area contributed by atoms with Crippen LogP contribution in [-0.2, 0) is 17.1 Å². The van der Waals surface area contributed by atoms with E-state index in [0.717, 1.165) is 6.07 Å². The molecule has 0 amide bonds. The largest absolute Gasteiger partial charge is 0.349 e. The van der Waals surface area contributed by atoms with E-state index in [9.17, 15) is 12.8 Å². The highest BCUT2D eigenvalue weighted by Gasteiger charge is 2.16. The molecule has 0 spiro atoms. The molecular formula is C9H9FN2O2S. The summed E-state index contributed by atoms with van der Waals surface area (Å²) in [5.41, 5.74) is 0.625. The third-order valence-electron chi connectivity index (χ3n) is 2.22. The molecule has 0 fully saturated rings. The number of aryl methyl sites for hydroxylation is 1. The first kappa shape index (κ1) is 10.1. The van der Waals surface area contributed by atoms with E-state index in [0.29, 0.717) is 10.9 Å². The molecule has 1 heterocycles. The summed E-state index contributed by atoms with van der Waals surface area (Å²) >= 11 is 0. The van der Waals surface area contributed by atoms with Crippen LogP contribution in [0.5, 0.6) is 0 Å². The fraction of sp³-hybridized carbons (Fsp3) is 0.111. The SMILES string of the molecule is Cn1cc(S(N)(=O)=O)c2cc(F)ccc21. The average Bonchev–Trinajstić information content (AvgIpc) is 2.42. The summed E-state index contributed by atoms with van der Waals surface area (Å²) in [5.74, 6) is -0.487. The molecule has 2 rings (SSSR count). The number of hydrogen-bond donors (Lipinski definition) is 1. The van der Waals surface area contributed by atoms with Gasteiger partial charge in [-0.1, -0.05) is 0 Å². The molecule has 15 heavy (non-hydrogen) atoms. The zero-order valence-electron chi connectivity index (χ0n) is 7.94. The van der Waals surface area contributed by atoms with Crippen molar-refractivity contribution < 1.29 is 12.8 Å². The molecule has 2 N–H and O–H groups in total.